The summed E-state index contributed by atoms with van der Waals surface area (Å²) in [7, 11) is -3.71. The molecule has 2 amide bonds. The largest absolute Gasteiger partial charge is 0.486 e. The van der Waals surface area contributed by atoms with Gasteiger partial charge in [-0.25, -0.2) is 8.42 Å². The van der Waals surface area contributed by atoms with E-state index >= 15 is 0 Å². The maximum atomic E-state index is 13.0. The second-order valence-electron chi connectivity index (χ2n) is 7.79. The van der Waals surface area contributed by atoms with Crippen molar-refractivity contribution in [2.45, 2.75) is 24.7 Å². The molecule has 0 radical (unpaired) electrons. The molecule has 10 heteroatoms. The van der Waals surface area contributed by atoms with Gasteiger partial charge in [0.15, 0.2) is 11.5 Å². The quantitative estimate of drug-likeness (QED) is 0.672. The van der Waals surface area contributed by atoms with Crippen molar-refractivity contribution < 1.29 is 27.5 Å². The van der Waals surface area contributed by atoms with Crippen LogP contribution in [0.1, 0.15) is 28.8 Å². The lowest BCUT2D eigenvalue weighted by molar-refractivity contribution is -0.126. The van der Waals surface area contributed by atoms with Crippen LogP contribution in [0.5, 0.6) is 11.5 Å². The van der Waals surface area contributed by atoms with Crippen LogP contribution in [0, 0.1) is 12.8 Å². The second kappa shape index (κ2) is 9.17. The summed E-state index contributed by atoms with van der Waals surface area (Å²) in [4.78, 5) is 24.7. The number of benzene rings is 2. The molecule has 0 unspecified atom stereocenters. The molecular weight excluding hydrogens is 434 g/mol. The summed E-state index contributed by atoms with van der Waals surface area (Å²) in [5.74, 6) is -0.187. The summed E-state index contributed by atoms with van der Waals surface area (Å²) in [5.41, 5.74) is 6.34. The molecule has 4 rings (SSSR count). The Kier molecular flexibility index (Phi) is 6.33. The van der Waals surface area contributed by atoms with E-state index in [4.69, 9.17) is 9.47 Å². The number of carbonyl (C=O) groups excluding carboxylic acids is 2. The van der Waals surface area contributed by atoms with Gasteiger partial charge in [0, 0.05) is 30.6 Å². The predicted molar refractivity (Wildman–Crippen MR) is 116 cm³/mol. The molecule has 0 aromatic heterocycles. The number of ether oxygens (including phenoxy) is 2. The fourth-order valence-electron chi connectivity index (χ4n) is 3.69. The number of rotatable bonds is 4. The molecule has 1 saturated heterocycles. The number of hydrogen-bond acceptors (Lipinski definition) is 6. The van der Waals surface area contributed by atoms with Crippen molar-refractivity contribution in [3.05, 3.63) is 53.6 Å². The van der Waals surface area contributed by atoms with Crippen molar-refractivity contribution in [1.29, 1.82) is 0 Å². The van der Waals surface area contributed by atoms with Crippen molar-refractivity contribution >= 4 is 21.8 Å². The number of hydrazine groups is 1. The summed E-state index contributed by atoms with van der Waals surface area (Å²) >= 11 is 0. The molecule has 0 saturated carbocycles. The van der Waals surface area contributed by atoms with Crippen LogP contribution in [0.15, 0.2) is 47.4 Å². The number of aryl methyl sites for hydroxylation is 1. The Bertz CT molecular complexity index is 1110. The molecule has 0 spiro atoms. The summed E-state index contributed by atoms with van der Waals surface area (Å²) < 4.78 is 38.3. The third kappa shape index (κ3) is 4.71. The Balaban J connectivity index is 1.31. The third-order valence-electron chi connectivity index (χ3n) is 5.59. The topological polar surface area (TPSA) is 114 Å². The number of piperidine rings is 1. The van der Waals surface area contributed by atoms with E-state index in [0.717, 1.165) is 5.56 Å². The molecule has 0 bridgehead atoms. The molecule has 1 fully saturated rings. The van der Waals surface area contributed by atoms with Crippen LogP contribution in [-0.2, 0) is 14.8 Å². The van der Waals surface area contributed by atoms with Crippen molar-refractivity contribution in [2.24, 2.45) is 5.92 Å². The Hall–Kier alpha value is -3.11. The maximum absolute atomic E-state index is 13.0. The van der Waals surface area contributed by atoms with E-state index in [1.165, 1.54) is 16.4 Å². The zero-order valence-electron chi connectivity index (χ0n) is 17.7. The first-order chi connectivity index (χ1) is 15.3. The van der Waals surface area contributed by atoms with Gasteiger partial charge in [-0.3, -0.25) is 20.4 Å². The molecule has 2 aliphatic rings. The van der Waals surface area contributed by atoms with Gasteiger partial charge in [-0.1, -0.05) is 17.7 Å². The van der Waals surface area contributed by atoms with Crippen molar-refractivity contribution in [1.82, 2.24) is 15.2 Å². The van der Waals surface area contributed by atoms with Crippen LogP contribution in [0.2, 0.25) is 0 Å². The molecule has 2 N–H and O–H groups in total. The summed E-state index contributed by atoms with van der Waals surface area (Å²) in [5, 5.41) is 0. The zero-order valence-corrected chi connectivity index (χ0v) is 18.5. The van der Waals surface area contributed by atoms with Crippen molar-refractivity contribution in [3.63, 3.8) is 0 Å². The highest BCUT2D eigenvalue weighted by molar-refractivity contribution is 7.89. The summed E-state index contributed by atoms with van der Waals surface area (Å²) in [6.45, 7) is 3.14. The van der Waals surface area contributed by atoms with Crippen LogP contribution in [0.3, 0.4) is 0 Å². The normalized spacial score (nSPS) is 16.9. The van der Waals surface area contributed by atoms with Gasteiger partial charge in [-0.15, -0.1) is 0 Å². The Labute approximate surface area is 186 Å². The standard InChI is InChI=1S/C22H25N3O6S/c1-15-2-4-16(5-3-15)21(26)23-24-22(27)17-8-10-25(11-9-17)32(28,29)18-6-7-19-20(14-18)31-13-12-30-19/h2-7,14,17H,8-13H2,1H3,(H,23,26)(H,24,27). The smallest absolute Gasteiger partial charge is 0.269 e. The number of fused-ring (bicyclic) bond motifs is 1. The number of carbonyl (C=O) groups is 2. The lowest BCUT2D eigenvalue weighted by atomic mass is 9.98. The van der Waals surface area contributed by atoms with Crippen LogP contribution in [0.25, 0.3) is 0 Å². The molecule has 2 aromatic carbocycles. The monoisotopic (exact) mass is 459 g/mol. The number of sulfonamides is 1. The van der Waals surface area contributed by atoms with Gasteiger partial charge in [-0.2, -0.15) is 4.31 Å². The van der Waals surface area contributed by atoms with Crippen LogP contribution >= 0.6 is 0 Å². The lowest BCUT2D eigenvalue weighted by Crippen LogP contribution is -2.48. The Morgan fingerprint density at radius 3 is 2.28 bits per heavy atom. The Morgan fingerprint density at radius 1 is 0.938 bits per heavy atom. The van der Waals surface area contributed by atoms with Crippen molar-refractivity contribution in [3.8, 4) is 11.5 Å². The fourth-order valence-corrected chi connectivity index (χ4v) is 5.17. The fraction of sp³-hybridized carbons (Fsp3) is 0.364. The minimum Gasteiger partial charge on any atom is -0.486 e. The van der Waals surface area contributed by atoms with Crippen LogP contribution < -0.4 is 20.3 Å². The van der Waals surface area contributed by atoms with E-state index in [2.05, 4.69) is 10.9 Å². The van der Waals surface area contributed by atoms with Gasteiger partial charge < -0.3 is 9.47 Å². The van der Waals surface area contributed by atoms with E-state index in [1.807, 2.05) is 19.1 Å². The molecule has 2 heterocycles. The highest BCUT2D eigenvalue weighted by Gasteiger charge is 2.33. The minimum atomic E-state index is -3.71. The molecule has 9 nitrogen and oxygen atoms in total. The van der Waals surface area contributed by atoms with E-state index < -0.39 is 15.9 Å². The van der Waals surface area contributed by atoms with Gasteiger partial charge in [-0.05, 0) is 44.0 Å². The Morgan fingerprint density at radius 2 is 1.59 bits per heavy atom. The minimum absolute atomic E-state index is 0.134. The number of nitrogens with zero attached hydrogens (tertiary/aromatic N) is 1. The van der Waals surface area contributed by atoms with Gasteiger partial charge in [0.1, 0.15) is 13.2 Å². The second-order valence-corrected chi connectivity index (χ2v) is 9.73. The summed E-state index contributed by atoms with van der Waals surface area (Å²) in [6.07, 6.45) is 0.714. The van der Waals surface area contributed by atoms with Gasteiger partial charge in [0.25, 0.3) is 5.91 Å². The number of amides is 2. The van der Waals surface area contributed by atoms with Crippen LogP contribution in [0.4, 0.5) is 0 Å². The van der Waals surface area contributed by atoms with E-state index in [0.29, 0.717) is 43.1 Å². The number of hydrogen-bond donors (Lipinski definition) is 2. The maximum Gasteiger partial charge on any atom is 0.269 e. The molecule has 0 aliphatic carbocycles. The van der Waals surface area contributed by atoms with E-state index in [-0.39, 0.29) is 29.8 Å². The third-order valence-corrected chi connectivity index (χ3v) is 7.48. The molecule has 2 aromatic rings. The average molecular weight is 460 g/mol. The highest BCUT2D eigenvalue weighted by atomic mass is 32.2. The first-order valence-electron chi connectivity index (χ1n) is 10.4. The van der Waals surface area contributed by atoms with E-state index in [1.54, 1.807) is 18.2 Å². The average Bonchev–Trinajstić information content (AvgIpc) is 2.82. The van der Waals surface area contributed by atoms with Crippen LogP contribution in [-0.4, -0.2) is 50.8 Å². The molecular formula is C22H25N3O6S. The van der Waals surface area contributed by atoms with Gasteiger partial charge in [0.05, 0.1) is 4.90 Å². The molecule has 2 aliphatic heterocycles. The lowest BCUT2D eigenvalue weighted by Gasteiger charge is -2.30. The molecule has 170 valence electrons. The molecule has 0 atom stereocenters. The summed E-state index contributed by atoms with van der Waals surface area (Å²) in [6, 6.07) is 11.6. The first-order valence-corrected chi connectivity index (χ1v) is 11.9. The molecule has 32 heavy (non-hydrogen) atoms. The first kappa shape index (κ1) is 22.1. The SMILES string of the molecule is Cc1ccc(C(=O)NNC(=O)C2CCN(S(=O)(=O)c3ccc4c(c3)OCCO4)CC2)cc1. The van der Waals surface area contributed by atoms with Crippen molar-refractivity contribution in [2.75, 3.05) is 26.3 Å². The predicted octanol–water partition coefficient (Wildman–Crippen LogP) is 1.63. The van der Waals surface area contributed by atoms with Gasteiger partial charge >= 0.3 is 0 Å². The van der Waals surface area contributed by atoms with E-state index in [9.17, 15) is 18.0 Å². The number of nitrogens with one attached hydrogen (secondary N) is 2. The van der Waals surface area contributed by atoms with Gasteiger partial charge in [0.2, 0.25) is 15.9 Å². The zero-order chi connectivity index (χ0) is 22.7. The highest BCUT2D eigenvalue weighted by Crippen LogP contribution is 2.34.